The predicted molar refractivity (Wildman–Crippen MR) is 49.7 cm³/mol. The third-order valence-corrected chi connectivity index (χ3v) is 1.99. The molecular weight excluding hydrogens is 150 g/mol. The largest absolute Gasteiger partial charge is 0.347 e. The highest BCUT2D eigenvalue weighted by Crippen LogP contribution is 2.12. The zero-order valence-corrected chi connectivity index (χ0v) is 7.59. The third-order valence-electron chi connectivity index (χ3n) is 1.99. The zero-order chi connectivity index (χ0) is 8.81. The molecule has 0 spiro atoms. The summed E-state index contributed by atoms with van der Waals surface area (Å²) >= 11 is 0. The summed E-state index contributed by atoms with van der Waals surface area (Å²) in [7, 11) is 0. The van der Waals surface area contributed by atoms with Crippen LogP contribution in [0.1, 0.15) is 44.5 Å². The summed E-state index contributed by atoms with van der Waals surface area (Å²) in [4.78, 5) is 7.14. The van der Waals surface area contributed by atoms with Crippen LogP contribution in [0.2, 0.25) is 0 Å². The second kappa shape index (κ2) is 4.93. The molecule has 0 aromatic carbocycles. The SMILES string of the molecule is CCCCCC(N)c1ncc[nH]1. The van der Waals surface area contributed by atoms with E-state index < -0.39 is 0 Å². The number of imidazole rings is 1. The number of hydrogen-bond donors (Lipinski definition) is 2. The number of unbranched alkanes of at least 4 members (excludes halogenated alkanes) is 2. The van der Waals surface area contributed by atoms with E-state index in [0.29, 0.717) is 0 Å². The van der Waals surface area contributed by atoms with Crippen molar-refractivity contribution in [2.24, 2.45) is 5.73 Å². The Kier molecular flexibility index (Phi) is 3.80. The van der Waals surface area contributed by atoms with Crippen molar-refractivity contribution in [3.05, 3.63) is 18.2 Å². The third kappa shape index (κ3) is 2.66. The van der Waals surface area contributed by atoms with Crippen molar-refractivity contribution in [1.29, 1.82) is 0 Å². The molecule has 1 aromatic rings. The molecule has 3 N–H and O–H groups in total. The van der Waals surface area contributed by atoms with E-state index in [1.165, 1.54) is 19.3 Å². The zero-order valence-electron chi connectivity index (χ0n) is 7.59. The van der Waals surface area contributed by atoms with Crippen molar-refractivity contribution >= 4 is 0 Å². The van der Waals surface area contributed by atoms with Crippen LogP contribution in [-0.4, -0.2) is 9.97 Å². The van der Waals surface area contributed by atoms with Gasteiger partial charge in [-0.05, 0) is 6.42 Å². The number of hydrogen-bond acceptors (Lipinski definition) is 2. The van der Waals surface area contributed by atoms with Gasteiger partial charge in [-0.25, -0.2) is 4.98 Å². The van der Waals surface area contributed by atoms with Crippen molar-refractivity contribution in [3.63, 3.8) is 0 Å². The second-order valence-electron chi connectivity index (χ2n) is 3.08. The first-order valence-corrected chi connectivity index (χ1v) is 4.59. The topological polar surface area (TPSA) is 54.7 Å². The molecule has 0 aliphatic rings. The molecule has 0 aliphatic heterocycles. The van der Waals surface area contributed by atoms with Gasteiger partial charge in [0.2, 0.25) is 0 Å². The van der Waals surface area contributed by atoms with Gasteiger partial charge in [-0.3, -0.25) is 0 Å². The highest BCUT2D eigenvalue weighted by molar-refractivity contribution is 4.93. The van der Waals surface area contributed by atoms with Crippen LogP contribution in [0, 0.1) is 0 Å². The molecule has 68 valence electrons. The average molecular weight is 167 g/mol. The van der Waals surface area contributed by atoms with E-state index >= 15 is 0 Å². The van der Waals surface area contributed by atoms with Crippen molar-refractivity contribution in [2.45, 2.75) is 38.6 Å². The molecule has 0 bridgehead atoms. The monoisotopic (exact) mass is 167 g/mol. The highest BCUT2D eigenvalue weighted by Gasteiger charge is 2.06. The van der Waals surface area contributed by atoms with E-state index in [0.717, 1.165) is 12.2 Å². The molecule has 0 amide bonds. The van der Waals surface area contributed by atoms with Gasteiger partial charge in [-0.15, -0.1) is 0 Å². The van der Waals surface area contributed by atoms with Crippen molar-refractivity contribution in [3.8, 4) is 0 Å². The van der Waals surface area contributed by atoms with Crippen LogP contribution in [0.5, 0.6) is 0 Å². The lowest BCUT2D eigenvalue weighted by atomic mass is 10.1. The first kappa shape index (κ1) is 9.26. The molecule has 12 heavy (non-hydrogen) atoms. The van der Waals surface area contributed by atoms with E-state index in [1.807, 2.05) is 6.20 Å². The molecule has 3 heteroatoms. The molecule has 1 aromatic heterocycles. The number of aromatic amines is 1. The molecule has 0 saturated carbocycles. The Labute approximate surface area is 73.4 Å². The first-order chi connectivity index (χ1) is 5.84. The Morgan fingerprint density at radius 1 is 1.58 bits per heavy atom. The Hall–Kier alpha value is -0.830. The van der Waals surface area contributed by atoms with Crippen LogP contribution < -0.4 is 5.73 Å². The van der Waals surface area contributed by atoms with Gasteiger partial charge in [-0.2, -0.15) is 0 Å². The van der Waals surface area contributed by atoms with Gasteiger partial charge >= 0.3 is 0 Å². The summed E-state index contributed by atoms with van der Waals surface area (Å²) in [5.74, 6) is 0.908. The fourth-order valence-corrected chi connectivity index (χ4v) is 1.23. The minimum Gasteiger partial charge on any atom is -0.347 e. The minimum atomic E-state index is 0.0894. The van der Waals surface area contributed by atoms with E-state index in [2.05, 4.69) is 16.9 Å². The molecule has 3 nitrogen and oxygen atoms in total. The van der Waals surface area contributed by atoms with Gasteiger partial charge in [0.15, 0.2) is 0 Å². The van der Waals surface area contributed by atoms with Crippen LogP contribution in [0.25, 0.3) is 0 Å². The molecular formula is C9H17N3. The molecule has 0 radical (unpaired) electrons. The smallest absolute Gasteiger partial charge is 0.123 e. The fourth-order valence-electron chi connectivity index (χ4n) is 1.23. The number of aromatic nitrogens is 2. The molecule has 1 unspecified atom stereocenters. The highest BCUT2D eigenvalue weighted by atomic mass is 14.9. The van der Waals surface area contributed by atoms with E-state index in [9.17, 15) is 0 Å². The van der Waals surface area contributed by atoms with Crippen LogP contribution in [0.15, 0.2) is 12.4 Å². The molecule has 0 aliphatic carbocycles. The Morgan fingerprint density at radius 2 is 2.42 bits per heavy atom. The predicted octanol–water partition coefficient (Wildman–Crippen LogP) is 1.99. The maximum absolute atomic E-state index is 5.89. The van der Waals surface area contributed by atoms with Crippen molar-refractivity contribution in [2.75, 3.05) is 0 Å². The lowest BCUT2D eigenvalue weighted by Crippen LogP contribution is -2.11. The average Bonchev–Trinajstić information content (AvgIpc) is 2.56. The Morgan fingerprint density at radius 3 is 3.00 bits per heavy atom. The normalized spacial score (nSPS) is 13.2. The molecule has 1 heterocycles. The van der Waals surface area contributed by atoms with E-state index in [4.69, 9.17) is 5.73 Å². The van der Waals surface area contributed by atoms with Gasteiger partial charge in [0.25, 0.3) is 0 Å². The lowest BCUT2D eigenvalue weighted by molar-refractivity contribution is 0.562. The standard InChI is InChI=1S/C9H17N3/c1-2-3-4-5-8(10)9-11-6-7-12-9/h6-8H,2-5,10H2,1H3,(H,11,12). The number of rotatable bonds is 5. The van der Waals surface area contributed by atoms with E-state index in [1.54, 1.807) is 6.20 Å². The number of nitrogens with zero attached hydrogens (tertiary/aromatic N) is 1. The Balaban J connectivity index is 2.25. The quantitative estimate of drug-likeness (QED) is 0.659. The number of nitrogens with one attached hydrogen (secondary N) is 1. The Bertz CT molecular complexity index is 194. The van der Waals surface area contributed by atoms with Crippen molar-refractivity contribution < 1.29 is 0 Å². The van der Waals surface area contributed by atoms with Crippen LogP contribution in [0.3, 0.4) is 0 Å². The minimum absolute atomic E-state index is 0.0894. The second-order valence-corrected chi connectivity index (χ2v) is 3.08. The fraction of sp³-hybridized carbons (Fsp3) is 0.667. The summed E-state index contributed by atoms with van der Waals surface area (Å²) in [5, 5.41) is 0. The summed E-state index contributed by atoms with van der Waals surface area (Å²) < 4.78 is 0. The maximum Gasteiger partial charge on any atom is 0.123 e. The van der Waals surface area contributed by atoms with Gasteiger partial charge in [-0.1, -0.05) is 26.2 Å². The van der Waals surface area contributed by atoms with Crippen LogP contribution >= 0.6 is 0 Å². The van der Waals surface area contributed by atoms with Crippen LogP contribution in [-0.2, 0) is 0 Å². The van der Waals surface area contributed by atoms with Gasteiger partial charge in [0.1, 0.15) is 5.82 Å². The van der Waals surface area contributed by atoms with Gasteiger partial charge in [0, 0.05) is 12.4 Å². The van der Waals surface area contributed by atoms with Crippen molar-refractivity contribution in [1.82, 2.24) is 9.97 Å². The summed E-state index contributed by atoms with van der Waals surface area (Å²) in [6, 6.07) is 0.0894. The molecule has 1 rings (SSSR count). The first-order valence-electron chi connectivity index (χ1n) is 4.59. The summed E-state index contributed by atoms with van der Waals surface area (Å²) in [5.41, 5.74) is 5.89. The molecule has 1 atom stereocenters. The van der Waals surface area contributed by atoms with Crippen LogP contribution in [0.4, 0.5) is 0 Å². The lowest BCUT2D eigenvalue weighted by Gasteiger charge is -2.06. The maximum atomic E-state index is 5.89. The van der Waals surface area contributed by atoms with E-state index in [-0.39, 0.29) is 6.04 Å². The van der Waals surface area contributed by atoms with Gasteiger partial charge < -0.3 is 10.7 Å². The molecule has 0 saturated heterocycles. The summed E-state index contributed by atoms with van der Waals surface area (Å²) in [6.07, 6.45) is 8.28. The number of H-pyrrole nitrogens is 1. The summed E-state index contributed by atoms with van der Waals surface area (Å²) in [6.45, 7) is 2.19. The number of nitrogens with two attached hydrogens (primary N) is 1. The van der Waals surface area contributed by atoms with Gasteiger partial charge in [0.05, 0.1) is 6.04 Å². The molecule has 0 fully saturated rings.